The van der Waals surface area contributed by atoms with Crippen molar-refractivity contribution in [3.63, 3.8) is 0 Å². The summed E-state index contributed by atoms with van der Waals surface area (Å²) in [6.07, 6.45) is 2.14. The van der Waals surface area contributed by atoms with Crippen molar-refractivity contribution in [1.29, 1.82) is 0 Å². The largest absolute Gasteiger partial charge is 0.497 e. The van der Waals surface area contributed by atoms with Gasteiger partial charge in [0, 0.05) is 25.0 Å². The number of nitrogens with zero attached hydrogens (tertiary/aromatic N) is 1. The van der Waals surface area contributed by atoms with Gasteiger partial charge in [-0.2, -0.15) is 0 Å². The lowest BCUT2D eigenvalue weighted by atomic mass is 10.0. The molecule has 3 nitrogen and oxygen atoms in total. The second-order valence-corrected chi connectivity index (χ2v) is 4.36. The maximum Gasteiger partial charge on any atom is 0.119 e. The molecule has 0 bridgehead atoms. The van der Waals surface area contributed by atoms with E-state index in [2.05, 4.69) is 40.3 Å². The van der Waals surface area contributed by atoms with Gasteiger partial charge in [0.25, 0.3) is 0 Å². The summed E-state index contributed by atoms with van der Waals surface area (Å²) in [6, 6.07) is 12.9. The average molecular weight is 228 g/mol. The second kappa shape index (κ2) is 4.26. The van der Waals surface area contributed by atoms with Crippen molar-refractivity contribution in [2.45, 2.75) is 19.1 Å². The van der Waals surface area contributed by atoms with E-state index in [4.69, 9.17) is 4.74 Å². The Bertz CT molecular complexity index is 518. The van der Waals surface area contributed by atoms with E-state index in [1.807, 2.05) is 12.1 Å². The van der Waals surface area contributed by atoms with Crippen LogP contribution in [0.2, 0.25) is 0 Å². The zero-order valence-electron chi connectivity index (χ0n) is 9.89. The minimum absolute atomic E-state index is 0.366. The Hall–Kier alpha value is -1.74. The molecule has 88 valence electrons. The molecule has 0 amide bonds. The van der Waals surface area contributed by atoms with E-state index in [0.29, 0.717) is 6.04 Å². The molecule has 1 aliphatic heterocycles. The minimum atomic E-state index is 0.366. The summed E-state index contributed by atoms with van der Waals surface area (Å²) in [5.41, 5.74) is 2.63. The van der Waals surface area contributed by atoms with Gasteiger partial charge in [-0.05, 0) is 29.8 Å². The highest BCUT2D eigenvalue weighted by molar-refractivity contribution is 5.31. The molecule has 1 aromatic heterocycles. The molecule has 3 rings (SSSR count). The molecule has 1 aliphatic rings. The number of methoxy groups -OCH3 is 1. The molecular formula is C14H16N2O. The van der Waals surface area contributed by atoms with Crippen LogP contribution in [0.15, 0.2) is 42.6 Å². The highest BCUT2D eigenvalue weighted by Crippen LogP contribution is 2.24. The van der Waals surface area contributed by atoms with Gasteiger partial charge < -0.3 is 14.6 Å². The van der Waals surface area contributed by atoms with Crippen molar-refractivity contribution in [2.75, 3.05) is 7.11 Å². The number of benzene rings is 1. The Morgan fingerprint density at radius 3 is 3.12 bits per heavy atom. The molecule has 0 radical (unpaired) electrons. The van der Waals surface area contributed by atoms with Gasteiger partial charge in [0.1, 0.15) is 5.75 Å². The van der Waals surface area contributed by atoms with Gasteiger partial charge in [-0.3, -0.25) is 0 Å². The highest BCUT2D eigenvalue weighted by atomic mass is 16.5. The molecule has 2 aromatic rings. The van der Waals surface area contributed by atoms with Crippen molar-refractivity contribution in [1.82, 2.24) is 9.88 Å². The molecule has 0 fully saturated rings. The first-order valence-corrected chi connectivity index (χ1v) is 5.88. The van der Waals surface area contributed by atoms with Crippen molar-refractivity contribution < 1.29 is 4.74 Å². The van der Waals surface area contributed by atoms with Crippen LogP contribution in [0.3, 0.4) is 0 Å². The zero-order chi connectivity index (χ0) is 11.7. The quantitative estimate of drug-likeness (QED) is 0.854. The number of ether oxygens (including phenoxy) is 1. The topological polar surface area (TPSA) is 26.2 Å². The number of nitrogens with one attached hydrogen (secondary N) is 1. The van der Waals surface area contributed by atoms with Crippen molar-refractivity contribution >= 4 is 0 Å². The Balaban J connectivity index is 1.86. The van der Waals surface area contributed by atoms with Gasteiger partial charge >= 0.3 is 0 Å². The molecule has 2 heterocycles. The van der Waals surface area contributed by atoms with Crippen LogP contribution < -0.4 is 10.1 Å². The van der Waals surface area contributed by atoms with Crippen LogP contribution in [0, 0.1) is 0 Å². The number of fused-ring (bicyclic) bond motifs is 1. The summed E-state index contributed by atoms with van der Waals surface area (Å²) in [6.45, 7) is 1.91. The third-order valence-corrected chi connectivity index (χ3v) is 3.33. The Morgan fingerprint density at radius 1 is 1.29 bits per heavy atom. The maximum absolute atomic E-state index is 5.27. The molecule has 0 saturated heterocycles. The fraction of sp³-hybridized carbons (Fsp3) is 0.286. The second-order valence-electron chi connectivity index (χ2n) is 4.36. The van der Waals surface area contributed by atoms with E-state index in [1.165, 1.54) is 11.3 Å². The lowest BCUT2D eigenvalue weighted by Crippen LogP contribution is -2.31. The van der Waals surface area contributed by atoms with Gasteiger partial charge in [0.2, 0.25) is 0 Å². The van der Waals surface area contributed by atoms with Crippen LogP contribution in [0.4, 0.5) is 0 Å². The van der Waals surface area contributed by atoms with Crippen LogP contribution in [-0.2, 0) is 13.1 Å². The Labute approximate surface area is 101 Å². The van der Waals surface area contributed by atoms with Gasteiger partial charge in [-0.1, -0.05) is 12.1 Å². The molecule has 17 heavy (non-hydrogen) atoms. The standard InChI is InChI=1S/C14H16N2O/c1-17-13-6-2-4-11(8-13)14-10-16-7-3-5-12(16)9-15-14/h2-8,14-15H,9-10H2,1H3/t14-/m0/s1. The Kier molecular flexibility index (Phi) is 2.61. The van der Waals surface area contributed by atoms with E-state index in [-0.39, 0.29) is 0 Å². The maximum atomic E-state index is 5.27. The van der Waals surface area contributed by atoms with Gasteiger partial charge in [-0.15, -0.1) is 0 Å². The lowest BCUT2D eigenvalue weighted by molar-refractivity contribution is 0.395. The number of hydrogen-bond donors (Lipinski definition) is 1. The number of aromatic nitrogens is 1. The molecule has 0 spiro atoms. The van der Waals surface area contributed by atoms with E-state index >= 15 is 0 Å². The summed E-state index contributed by atoms with van der Waals surface area (Å²) in [7, 11) is 1.71. The first-order chi connectivity index (χ1) is 8.36. The molecule has 1 atom stereocenters. The lowest BCUT2D eigenvalue weighted by Gasteiger charge is -2.26. The van der Waals surface area contributed by atoms with Gasteiger partial charge in [-0.25, -0.2) is 0 Å². The number of hydrogen-bond acceptors (Lipinski definition) is 2. The van der Waals surface area contributed by atoms with Crippen molar-refractivity contribution in [3.05, 3.63) is 53.9 Å². The summed E-state index contributed by atoms with van der Waals surface area (Å²) in [4.78, 5) is 0. The SMILES string of the molecule is COc1cccc([C@@H]2Cn3cccc3CN2)c1. The summed E-state index contributed by atoms with van der Waals surface area (Å²) in [5, 5.41) is 3.55. The third kappa shape index (κ3) is 1.94. The minimum Gasteiger partial charge on any atom is -0.497 e. The summed E-state index contributed by atoms with van der Waals surface area (Å²) >= 11 is 0. The zero-order valence-corrected chi connectivity index (χ0v) is 9.89. The normalized spacial score (nSPS) is 18.8. The first-order valence-electron chi connectivity index (χ1n) is 5.88. The average Bonchev–Trinajstić information content (AvgIpc) is 2.86. The number of rotatable bonds is 2. The van der Waals surface area contributed by atoms with Gasteiger partial charge in [0.05, 0.1) is 13.2 Å². The van der Waals surface area contributed by atoms with E-state index < -0.39 is 0 Å². The monoisotopic (exact) mass is 228 g/mol. The molecule has 3 heteroatoms. The molecule has 1 N–H and O–H groups in total. The fourth-order valence-corrected chi connectivity index (χ4v) is 2.36. The highest BCUT2D eigenvalue weighted by Gasteiger charge is 2.18. The molecule has 0 aliphatic carbocycles. The van der Waals surface area contributed by atoms with E-state index in [9.17, 15) is 0 Å². The van der Waals surface area contributed by atoms with Gasteiger partial charge in [0.15, 0.2) is 0 Å². The smallest absolute Gasteiger partial charge is 0.119 e. The summed E-state index contributed by atoms with van der Waals surface area (Å²) < 4.78 is 7.57. The van der Waals surface area contributed by atoms with Crippen molar-refractivity contribution in [3.8, 4) is 5.75 Å². The fourth-order valence-electron chi connectivity index (χ4n) is 2.36. The van der Waals surface area contributed by atoms with E-state index in [1.54, 1.807) is 7.11 Å². The third-order valence-electron chi connectivity index (χ3n) is 3.33. The Morgan fingerprint density at radius 2 is 2.24 bits per heavy atom. The van der Waals surface area contributed by atoms with Crippen LogP contribution in [0.25, 0.3) is 0 Å². The predicted octanol–water partition coefficient (Wildman–Crippen LogP) is 2.34. The van der Waals surface area contributed by atoms with E-state index in [0.717, 1.165) is 18.8 Å². The molecule has 0 unspecified atom stereocenters. The predicted molar refractivity (Wildman–Crippen MR) is 67.0 cm³/mol. The molecule has 1 aromatic carbocycles. The molecule has 0 saturated carbocycles. The van der Waals surface area contributed by atoms with Crippen LogP contribution in [-0.4, -0.2) is 11.7 Å². The van der Waals surface area contributed by atoms with Crippen LogP contribution in [0.5, 0.6) is 5.75 Å². The van der Waals surface area contributed by atoms with Crippen molar-refractivity contribution in [2.24, 2.45) is 0 Å². The van der Waals surface area contributed by atoms with Crippen LogP contribution >= 0.6 is 0 Å². The molecular weight excluding hydrogens is 212 g/mol. The van der Waals surface area contributed by atoms with Crippen LogP contribution in [0.1, 0.15) is 17.3 Å². The summed E-state index contributed by atoms with van der Waals surface area (Å²) in [5.74, 6) is 0.919. The first kappa shape index (κ1) is 10.4.